The highest BCUT2D eigenvalue weighted by atomic mass is 16.5. The van der Waals surface area contributed by atoms with Crippen LogP contribution in [0.2, 0.25) is 0 Å². The summed E-state index contributed by atoms with van der Waals surface area (Å²) in [5.41, 5.74) is 3.72. The molecule has 0 bridgehead atoms. The van der Waals surface area contributed by atoms with Crippen LogP contribution < -0.4 is 9.47 Å². The van der Waals surface area contributed by atoms with Crippen LogP contribution >= 0.6 is 0 Å². The SMILES string of the molecule is CCCCOCCOCCOc1ccc(-c2ccc(OCc3ccc(C(=O)OCC)cc3)cc2)cc1. The van der Waals surface area contributed by atoms with Crippen molar-refractivity contribution >= 4 is 5.97 Å². The second-order valence-electron chi connectivity index (χ2n) is 8.18. The lowest BCUT2D eigenvalue weighted by atomic mass is 10.1. The third-order valence-corrected chi connectivity index (χ3v) is 5.42. The number of benzene rings is 3. The van der Waals surface area contributed by atoms with Gasteiger partial charge in [-0.3, -0.25) is 0 Å². The van der Waals surface area contributed by atoms with Crippen molar-refractivity contribution < 1.29 is 28.5 Å². The van der Waals surface area contributed by atoms with Gasteiger partial charge in [0.15, 0.2) is 0 Å². The minimum atomic E-state index is -0.312. The van der Waals surface area contributed by atoms with Crippen LogP contribution in [0, 0.1) is 0 Å². The van der Waals surface area contributed by atoms with Crippen molar-refractivity contribution in [1.82, 2.24) is 0 Å². The monoisotopic (exact) mass is 492 g/mol. The molecule has 6 heteroatoms. The molecule has 0 unspecified atom stereocenters. The van der Waals surface area contributed by atoms with Crippen LogP contribution in [0.15, 0.2) is 72.8 Å². The second kappa shape index (κ2) is 15.6. The van der Waals surface area contributed by atoms with Crippen molar-refractivity contribution in [2.45, 2.75) is 33.3 Å². The van der Waals surface area contributed by atoms with E-state index in [1.165, 1.54) is 0 Å². The molecule has 3 aromatic rings. The van der Waals surface area contributed by atoms with Gasteiger partial charge >= 0.3 is 5.97 Å². The molecular formula is C30H36O6. The number of unbranched alkanes of at least 4 members (excludes halogenated alkanes) is 1. The third kappa shape index (κ3) is 9.36. The first-order valence-electron chi connectivity index (χ1n) is 12.6. The van der Waals surface area contributed by atoms with Gasteiger partial charge in [0.25, 0.3) is 0 Å². The highest BCUT2D eigenvalue weighted by Crippen LogP contribution is 2.25. The number of carbonyl (C=O) groups excluding carboxylic acids is 1. The summed E-state index contributed by atoms with van der Waals surface area (Å²) >= 11 is 0. The van der Waals surface area contributed by atoms with Gasteiger partial charge in [-0.05, 0) is 66.4 Å². The molecule has 0 spiro atoms. The predicted octanol–water partition coefficient (Wildman–Crippen LogP) is 6.32. The van der Waals surface area contributed by atoms with E-state index in [-0.39, 0.29) is 5.97 Å². The Labute approximate surface area is 214 Å². The average molecular weight is 493 g/mol. The maximum atomic E-state index is 11.7. The molecule has 0 aliphatic rings. The van der Waals surface area contributed by atoms with Gasteiger partial charge in [0, 0.05) is 6.61 Å². The molecule has 0 atom stereocenters. The van der Waals surface area contributed by atoms with Crippen molar-refractivity contribution in [2.75, 3.05) is 39.6 Å². The molecule has 0 saturated carbocycles. The number of hydrogen-bond acceptors (Lipinski definition) is 6. The largest absolute Gasteiger partial charge is 0.491 e. The number of carbonyl (C=O) groups is 1. The van der Waals surface area contributed by atoms with Gasteiger partial charge in [-0.15, -0.1) is 0 Å². The van der Waals surface area contributed by atoms with E-state index in [0.29, 0.717) is 45.2 Å². The van der Waals surface area contributed by atoms with Gasteiger partial charge in [0.05, 0.1) is 32.0 Å². The topological polar surface area (TPSA) is 63.2 Å². The molecule has 0 aliphatic carbocycles. The minimum absolute atomic E-state index is 0.312. The zero-order valence-electron chi connectivity index (χ0n) is 21.2. The van der Waals surface area contributed by atoms with Gasteiger partial charge in [-0.1, -0.05) is 49.7 Å². The predicted molar refractivity (Wildman–Crippen MR) is 141 cm³/mol. The van der Waals surface area contributed by atoms with E-state index in [0.717, 1.165) is 47.6 Å². The van der Waals surface area contributed by atoms with Gasteiger partial charge in [-0.2, -0.15) is 0 Å². The quantitative estimate of drug-likeness (QED) is 0.172. The Kier molecular flexibility index (Phi) is 11.8. The van der Waals surface area contributed by atoms with E-state index in [1.807, 2.05) is 60.7 Å². The van der Waals surface area contributed by atoms with Crippen molar-refractivity contribution in [3.05, 3.63) is 83.9 Å². The summed E-state index contributed by atoms with van der Waals surface area (Å²) in [5, 5.41) is 0. The van der Waals surface area contributed by atoms with Gasteiger partial charge in [0.2, 0.25) is 0 Å². The number of ether oxygens (including phenoxy) is 5. The lowest BCUT2D eigenvalue weighted by Gasteiger charge is -2.10. The van der Waals surface area contributed by atoms with E-state index in [1.54, 1.807) is 19.1 Å². The molecule has 0 heterocycles. The van der Waals surface area contributed by atoms with Crippen molar-refractivity contribution in [3.63, 3.8) is 0 Å². The molecule has 3 aromatic carbocycles. The molecule has 0 aromatic heterocycles. The van der Waals surface area contributed by atoms with E-state index in [4.69, 9.17) is 23.7 Å². The van der Waals surface area contributed by atoms with Gasteiger partial charge < -0.3 is 23.7 Å². The molecule has 192 valence electrons. The number of hydrogen-bond donors (Lipinski definition) is 0. The van der Waals surface area contributed by atoms with Crippen molar-refractivity contribution in [2.24, 2.45) is 0 Å². The fraction of sp³-hybridized carbons (Fsp3) is 0.367. The normalized spacial score (nSPS) is 10.7. The summed E-state index contributed by atoms with van der Waals surface area (Å²) in [4.78, 5) is 11.7. The summed E-state index contributed by atoms with van der Waals surface area (Å²) in [6.07, 6.45) is 2.23. The first-order valence-corrected chi connectivity index (χ1v) is 12.6. The summed E-state index contributed by atoms with van der Waals surface area (Å²) in [6, 6.07) is 23.2. The second-order valence-corrected chi connectivity index (χ2v) is 8.18. The van der Waals surface area contributed by atoms with Gasteiger partial charge in [-0.25, -0.2) is 4.79 Å². The molecule has 3 rings (SSSR count). The maximum Gasteiger partial charge on any atom is 0.338 e. The first kappa shape index (κ1) is 27.2. The Bertz CT molecular complexity index is 1010. The van der Waals surface area contributed by atoms with Crippen LogP contribution in [0.5, 0.6) is 11.5 Å². The molecular weight excluding hydrogens is 456 g/mol. The maximum absolute atomic E-state index is 11.7. The highest BCUT2D eigenvalue weighted by Gasteiger charge is 2.06. The smallest absolute Gasteiger partial charge is 0.338 e. The van der Waals surface area contributed by atoms with E-state index >= 15 is 0 Å². The Hall–Kier alpha value is -3.35. The average Bonchev–Trinajstić information content (AvgIpc) is 2.92. The Morgan fingerprint density at radius 1 is 0.639 bits per heavy atom. The summed E-state index contributed by atoms with van der Waals surface area (Å²) < 4.78 is 27.7. The van der Waals surface area contributed by atoms with Crippen LogP contribution in [-0.2, 0) is 20.8 Å². The molecule has 0 radical (unpaired) electrons. The Morgan fingerprint density at radius 2 is 1.19 bits per heavy atom. The minimum Gasteiger partial charge on any atom is -0.491 e. The van der Waals surface area contributed by atoms with Crippen LogP contribution in [0.3, 0.4) is 0 Å². The molecule has 36 heavy (non-hydrogen) atoms. The van der Waals surface area contributed by atoms with Crippen LogP contribution in [0.25, 0.3) is 11.1 Å². The lowest BCUT2D eigenvalue weighted by Crippen LogP contribution is -2.11. The number of esters is 1. The van der Waals surface area contributed by atoms with E-state index < -0.39 is 0 Å². The summed E-state index contributed by atoms with van der Waals surface area (Å²) in [7, 11) is 0. The van der Waals surface area contributed by atoms with Crippen molar-refractivity contribution in [1.29, 1.82) is 0 Å². The van der Waals surface area contributed by atoms with Crippen LogP contribution in [-0.4, -0.2) is 45.6 Å². The zero-order valence-corrected chi connectivity index (χ0v) is 21.2. The highest BCUT2D eigenvalue weighted by molar-refractivity contribution is 5.89. The first-order chi connectivity index (χ1) is 17.7. The Balaban J connectivity index is 1.38. The number of rotatable bonds is 16. The summed E-state index contributed by atoms with van der Waals surface area (Å²) in [6.45, 7) is 7.79. The fourth-order valence-electron chi connectivity index (χ4n) is 3.39. The van der Waals surface area contributed by atoms with Crippen LogP contribution in [0.1, 0.15) is 42.6 Å². The molecule has 0 N–H and O–H groups in total. The fourth-order valence-corrected chi connectivity index (χ4v) is 3.39. The van der Waals surface area contributed by atoms with Crippen molar-refractivity contribution in [3.8, 4) is 22.6 Å². The molecule has 0 amide bonds. The summed E-state index contributed by atoms with van der Waals surface area (Å²) in [5.74, 6) is 1.28. The lowest BCUT2D eigenvalue weighted by molar-refractivity contribution is 0.0356. The Morgan fingerprint density at radius 3 is 1.78 bits per heavy atom. The standard InChI is InChI=1S/C30H36O6/c1-3-5-18-32-19-20-33-21-22-35-28-14-10-25(11-15-28)26-12-16-29(17-13-26)36-23-24-6-8-27(9-7-24)30(31)34-4-2/h6-17H,3-5,18-23H2,1-2H3. The molecule has 6 nitrogen and oxygen atoms in total. The van der Waals surface area contributed by atoms with E-state index in [2.05, 4.69) is 6.92 Å². The zero-order chi connectivity index (χ0) is 25.4. The third-order valence-electron chi connectivity index (χ3n) is 5.42. The van der Waals surface area contributed by atoms with E-state index in [9.17, 15) is 4.79 Å². The molecule has 0 saturated heterocycles. The molecule has 0 aliphatic heterocycles. The van der Waals surface area contributed by atoms with Crippen LogP contribution in [0.4, 0.5) is 0 Å². The van der Waals surface area contributed by atoms with Gasteiger partial charge in [0.1, 0.15) is 24.7 Å². The molecule has 0 fully saturated rings.